The molecule has 0 aliphatic carbocycles. The number of benzene rings is 2. The van der Waals surface area contributed by atoms with Gasteiger partial charge in [0.15, 0.2) is 12.4 Å². The summed E-state index contributed by atoms with van der Waals surface area (Å²) in [5.74, 6) is 1.20. The van der Waals surface area contributed by atoms with Crippen molar-refractivity contribution in [2.45, 2.75) is 20.0 Å². The summed E-state index contributed by atoms with van der Waals surface area (Å²) in [6, 6.07) is 12.6. The lowest BCUT2D eigenvalue weighted by atomic mass is 10.0. The highest BCUT2D eigenvalue weighted by molar-refractivity contribution is 6.12. The van der Waals surface area contributed by atoms with Crippen molar-refractivity contribution in [2.75, 3.05) is 13.2 Å². The van der Waals surface area contributed by atoms with Crippen LogP contribution >= 0.6 is 0 Å². The topological polar surface area (TPSA) is 71.1 Å². The third-order valence-corrected chi connectivity index (χ3v) is 4.62. The zero-order valence-corrected chi connectivity index (χ0v) is 16.1. The molecular weight excluding hydrogens is 372 g/mol. The zero-order valence-electron chi connectivity index (χ0n) is 16.1. The number of hydrogen-bond donors (Lipinski definition) is 0. The first kappa shape index (κ1) is 18.8. The fraction of sp³-hybridized carbons (Fsp3) is 0.217. The molecule has 0 bridgehead atoms. The van der Waals surface area contributed by atoms with Crippen LogP contribution in [0.1, 0.15) is 29.8 Å². The Labute approximate surface area is 168 Å². The van der Waals surface area contributed by atoms with Gasteiger partial charge in [-0.2, -0.15) is 0 Å². The van der Waals surface area contributed by atoms with Crippen LogP contribution in [0.3, 0.4) is 0 Å². The van der Waals surface area contributed by atoms with Crippen molar-refractivity contribution in [3.8, 4) is 17.2 Å². The maximum Gasteiger partial charge on any atom is 0.344 e. The lowest BCUT2D eigenvalue weighted by Crippen LogP contribution is -2.18. The molecule has 4 rings (SSSR count). The van der Waals surface area contributed by atoms with E-state index in [4.69, 9.17) is 18.9 Å². The number of para-hydroxylation sites is 1. The second-order valence-corrected chi connectivity index (χ2v) is 6.63. The SMILES string of the molecule is CCOC(=O)COc1ccc2c(c1)OC(=CC1=Cc3ccccc3O[C@@H]1C)C2=O. The van der Waals surface area contributed by atoms with Gasteiger partial charge in [-0.05, 0) is 49.8 Å². The fourth-order valence-electron chi connectivity index (χ4n) is 3.17. The number of Topliss-reactive ketones (excluding diaryl/α,β-unsaturated/α-hetero) is 1. The smallest absolute Gasteiger partial charge is 0.344 e. The molecule has 0 fully saturated rings. The highest BCUT2D eigenvalue weighted by Gasteiger charge is 2.29. The highest BCUT2D eigenvalue weighted by Crippen LogP contribution is 2.36. The molecule has 0 spiro atoms. The highest BCUT2D eigenvalue weighted by atomic mass is 16.6. The van der Waals surface area contributed by atoms with Crippen molar-refractivity contribution in [1.82, 2.24) is 0 Å². The van der Waals surface area contributed by atoms with Gasteiger partial charge < -0.3 is 18.9 Å². The van der Waals surface area contributed by atoms with E-state index in [0.717, 1.165) is 16.9 Å². The monoisotopic (exact) mass is 392 g/mol. The van der Waals surface area contributed by atoms with Crippen LogP contribution in [0.2, 0.25) is 0 Å². The predicted octanol–water partition coefficient (Wildman–Crippen LogP) is 3.95. The summed E-state index contributed by atoms with van der Waals surface area (Å²) in [7, 11) is 0. The Bertz CT molecular complexity index is 1030. The molecule has 1 atom stereocenters. The molecule has 6 nitrogen and oxygen atoms in total. The number of esters is 1. The van der Waals surface area contributed by atoms with Crippen LogP contribution in [0, 0.1) is 0 Å². The van der Waals surface area contributed by atoms with Crippen LogP contribution in [0.25, 0.3) is 6.08 Å². The third-order valence-electron chi connectivity index (χ3n) is 4.62. The van der Waals surface area contributed by atoms with Gasteiger partial charge in [-0.3, -0.25) is 4.79 Å². The molecule has 148 valence electrons. The van der Waals surface area contributed by atoms with Gasteiger partial charge in [0.2, 0.25) is 5.78 Å². The maximum absolute atomic E-state index is 12.7. The molecule has 0 unspecified atom stereocenters. The van der Waals surface area contributed by atoms with Gasteiger partial charge in [0.1, 0.15) is 23.4 Å². The summed E-state index contributed by atoms with van der Waals surface area (Å²) in [5, 5.41) is 0. The first-order chi connectivity index (χ1) is 14.0. The molecule has 2 aliphatic rings. The number of rotatable bonds is 5. The molecule has 2 aromatic carbocycles. The Morgan fingerprint density at radius 2 is 2.00 bits per heavy atom. The summed E-state index contributed by atoms with van der Waals surface area (Å²) < 4.78 is 21.9. The van der Waals surface area contributed by atoms with Crippen molar-refractivity contribution in [2.24, 2.45) is 0 Å². The number of hydrogen-bond acceptors (Lipinski definition) is 6. The van der Waals surface area contributed by atoms with E-state index in [0.29, 0.717) is 23.7 Å². The first-order valence-electron chi connectivity index (χ1n) is 9.39. The van der Waals surface area contributed by atoms with Gasteiger partial charge in [0.05, 0.1) is 12.2 Å². The molecule has 0 N–H and O–H groups in total. The van der Waals surface area contributed by atoms with E-state index in [1.165, 1.54) is 0 Å². The second-order valence-electron chi connectivity index (χ2n) is 6.63. The first-order valence-corrected chi connectivity index (χ1v) is 9.39. The molecule has 6 heteroatoms. The summed E-state index contributed by atoms with van der Waals surface area (Å²) in [5.41, 5.74) is 2.25. The van der Waals surface area contributed by atoms with E-state index < -0.39 is 5.97 Å². The lowest BCUT2D eigenvalue weighted by molar-refractivity contribution is -0.145. The van der Waals surface area contributed by atoms with Crippen LogP contribution in [0.15, 0.2) is 59.9 Å². The molecular formula is C23H20O6. The number of ketones is 1. The largest absolute Gasteiger partial charge is 0.485 e. The fourth-order valence-corrected chi connectivity index (χ4v) is 3.17. The standard InChI is InChI=1S/C23H20O6/c1-3-26-22(24)13-27-17-8-9-18-20(12-17)29-21(23(18)25)11-16-10-15-6-4-5-7-19(15)28-14(16)2/h4-12,14H,3,13H2,1-2H3/t14-/m1/s1. The summed E-state index contributed by atoms with van der Waals surface area (Å²) in [6.45, 7) is 3.74. The maximum atomic E-state index is 12.7. The molecule has 29 heavy (non-hydrogen) atoms. The van der Waals surface area contributed by atoms with Gasteiger partial charge in [-0.25, -0.2) is 4.79 Å². The Hall–Kier alpha value is -3.54. The zero-order chi connectivity index (χ0) is 20.4. The minimum atomic E-state index is -0.455. The third kappa shape index (κ3) is 3.87. The van der Waals surface area contributed by atoms with Gasteiger partial charge in [0.25, 0.3) is 0 Å². The molecule has 0 saturated heterocycles. The Morgan fingerprint density at radius 3 is 2.83 bits per heavy atom. The van der Waals surface area contributed by atoms with Crippen molar-refractivity contribution in [3.63, 3.8) is 0 Å². The summed E-state index contributed by atoms with van der Waals surface area (Å²) in [4.78, 5) is 24.1. The van der Waals surface area contributed by atoms with Crippen LogP contribution in [0.5, 0.6) is 17.2 Å². The molecule has 0 radical (unpaired) electrons. The Balaban J connectivity index is 1.54. The van der Waals surface area contributed by atoms with Crippen molar-refractivity contribution in [3.05, 3.63) is 71.0 Å². The quantitative estimate of drug-likeness (QED) is 0.567. The lowest BCUT2D eigenvalue weighted by Gasteiger charge is -2.22. The van der Waals surface area contributed by atoms with E-state index in [2.05, 4.69) is 0 Å². The van der Waals surface area contributed by atoms with E-state index >= 15 is 0 Å². The van der Waals surface area contributed by atoms with E-state index in [-0.39, 0.29) is 24.3 Å². The van der Waals surface area contributed by atoms with E-state index in [9.17, 15) is 9.59 Å². The second kappa shape index (κ2) is 7.83. The van der Waals surface area contributed by atoms with E-state index in [1.807, 2.05) is 37.3 Å². The summed E-state index contributed by atoms with van der Waals surface area (Å²) in [6.07, 6.45) is 3.49. The van der Waals surface area contributed by atoms with Crippen molar-refractivity contribution >= 4 is 17.8 Å². The van der Waals surface area contributed by atoms with Crippen molar-refractivity contribution < 1.29 is 28.5 Å². The molecule has 2 aliphatic heterocycles. The summed E-state index contributed by atoms with van der Waals surface area (Å²) >= 11 is 0. The average Bonchev–Trinajstić information content (AvgIpc) is 3.02. The number of carbonyl (C=O) groups is 2. The number of allylic oxidation sites excluding steroid dienone is 1. The molecule has 2 heterocycles. The van der Waals surface area contributed by atoms with Gasteiger partial charge in [-0.15, -0.1) is 0 Å². The molecule has 2 aromatic rings. The molecule has 0 aromatic heterocycles. The predicted molar refractivity (Wildman–Crippen MR) is 106 cm³/mol. The minimum Gasteiger partial charge on any atom is -0.485 e. The number of carbonyl (C=O) groups excluding carboxylic acids is 2. The minimum absolute atomic E-state index is 0.204. The van der Waals surface area contributed by atoms with E-state index in [1.54, 1.807) is 31.2 Å². The van der Waals surface area contributed by atoms with Crippen LogP contribution in [-0.2, 0) is 9.53 Å². The van der Waals surface area contributed by atoms with Crippen molar-refractivity contribution in [1.29, 1.82) is 0 Å². The average molecular weight is 392 g/mol. The van der Waals surface area contributed by atoms with Gasteiger partial charge >= 0.3 is 5.97 Å². The van der Waals surface area contributed by atoms with Gasteiger partial charge in [0, 0.05) is 11.6 Å². The molecule has 0 saturated carbocycles. The number of ether oxygens (including phenoxy) is 4. The molecule has 0 amide bonds. The Morgan fingerprint density at radius 1 is 1.17 bits per heavy atom. The van der Waals surface area contributed by atoms with Gasteiger partial charge in [-0.1, -0.05) is 18.2 Å². The van der Waals surface area contributed by atoms with Crippen LogP contribution < -0.4 is 14.2 Å². The van der Waals surface area contributed by atoms with Crippen LogP contribution in [-0.4, -0.2) is 31.1 Å². The number of fused-ring (bicyclic) bond motifs is 2. The normalized spacial score (nSPS) is 18.3. The van der Waals surface area contributed by atoms with Crippen LogP contribution in [0.4, 0.5) is 0 Å². The Kier molecular flexibility index (Phi) is 5.08.